The predicted octanol–water partition coefficient (Wildman–Crippen LogP) is 2.69. The Morgan fingerprint density at radius 1 is 1.00 bits per heavy atom. The summed E-state index contributed by atoms with van der Waals surface area (Å²) >= 11 is 0. The first-order valence-corrected chi connectivity index (χ1v) is 5.61. The zero-order valence-electron chi connectivity index (χ0n) is 9.35. The van der Waals surface area contributed by atoms with Crippen LogP contribution in [0.1, 0.15) is 5.56 Å². The molecule has 1 heterocycles. The summed E-state index contributed by atoms with van der Waals surface area (Å²) < 4.78 is 0. The molecule has 0 fully saturated rings. The Morgan fingerprint density at radius 3 is 2.53 bits per heavy atom. The first kappa shape index (κ1) is 10.1. The summed E-state index contributed by atoms with van der Waals surface area (Å²) in [5, 5.41) is 8.55. The Balaban J connectivity index is 2.13. The van der Waals surface area contributed by atoms with Gasteiger partial charge in [-0.3, -0.25) is 5.10 Å². The molecule has 1 aromatic heterocycles. The lowest BCUT2D eigenvalue weighted by atomic mass is 10.1. The summed E-state index contributed by atoms with van der Waals surface area (Å²) in [6.45, 7) is 0.571. The second-order valence-corrected chi connectivity index (χ2v) is 4.02. The molecule has 3 heteroatoms. The van der Waals surface area contributed by atoms with Crippen molar-refractivity contribution < 1.29 is 0 Å². The zero-order chi connectivity index (χ0) is 11.7. The van der Waals surface area contributed by atoms with Crippen LogP contribution in [0.2, 0.25) is 0 Å². The van der Waals surface area contributed by atoms with Gasteiger partial charge in [-0.2, -0.15) is 5.10 Å². The van der Waals surface area contributed by atoms with Crippen LogP contribution in [0.5, 0.6) is 0 Å². The van der Waals surface area contributed by atoms with Gasteiger partial charge in [-0.15, -0.1) is 0 Å². The Kier molecular flexibility index (Phi) is 2.38. The van der Waals surface area contributed by atoms with E-state index in [9.17, 15) is 0 Å². The quantitative estimate of drug-likeness (QED) is 0.701. The Morgan fingerprint density at radius 2 is 1.76 bits per heavy atom. The van der Waals surface area contributed by atoms with E-state index in [1.165, 1.54) is 0 Å². The maximum atomic E-state index is 5.59. The minimum Gasteiger partial charge on any atom is -0.326 e. The van der Waals surface area contributed by atoms with Crippen molar-refractivity contribution in [3.05, 3.63) is 54.1 Å². The number of para-hydroxylation sites is 1. The number of nitrogens with two attached hydrogens (primary N) is 1. The van der Waals surface area contributed by atoms with Gasteiger partial charge in [-0.1, -0.05) is 42.5 Å². The van der Waals surface area contributed by atoms with Gasteiger partial charge in [0.15, 0.2) is 0 Å². The molecule has 0 spiro atoms. The standard InChI is InChI=1S/C14H13N3/c15-9-10-5-7-11(8-6-10)14-12-3-1-2-4-13(12)16-17-14/h1-8H,9,15H2,(H,16,17). The molecule has 0 unspecified atom stereocenters. The van der Waals surface area contributed by atoms with Crippen LogP contribution in [0.3, 0.4) is 0 Å². The van der Waals surface area contributed by atoms with Gasteiger partial charge in [0.2, 0.25) is 0 Å². The van der Waals surface area contributed by atoms with Crippen molar-refractivity contribution in [1.29, 1.82) is 0 Å². The molecule has 0 saturated heterocycles. The molecule has 84 valence electrons. The maximum absolute atomic E-state index is 5.59. The van der Waals surface area contributed by atoms with Crippen molar-refractivity contribution in [2.75, 3.05) is 0 Å². The fourth-order valence-electron chi connectivity index (χ4n) is 1.98. The second-order valence-electron chi connectivity index (χ2n) is 4.02. The van der Waals surface area contributed by atoms with Crippen molar-refractivity contribution in [2.24, 2.45) is 5.73 Å². The monoisotopic (exact) mass is 223 g/mol. The SMILES string of the molecule is NCc1ccc(-c2n[nH]c3ccccc23)cc1. The topological polar surface area (TPSA) is 54.7 Å². The van der Waals surface area contributed by atoms with E-state index in [0.29, 0.717) is 6.54 Å². The lowest BCUT2D eigenvalue weighted by molar-refractivity contribution is 1.07. The zero-order valence-corrected chi connectivity index (χ0v) is 9.35. The van der Waals surface area contributed by atoms with Gasteiger partial charge in [-0.05, 0) is 11.6 Å². The summed E-state index contributed by atoms with van der Waals surface area (Å²) in [5.74, 6) is 0. The van der Waals surface area contributed by atoms with Crippen LogP contribution >= 0.6 is 0 Å². The van der Waals surface area contributed by atoms with Crippen LogP contribution in [-0.2, 0) is 6.54 Å². The number of H-pyrrole nitrogens is 1. The smallest absolute Gasteiger partial charge is 0.0999 e. The molecule has 0 aliphatic rings. The van der Waals surface area contributed by atoms with Gasteiger partial charge in [0.1, 0.15) is 0 Å². The fraction of sp³-hybridized carbons (Fsp3) is 0.0714. The van der Waals surface area contributed by atoms with E-state index in [4.69, 9.17) is 5.73 Å². The number of hydrogen-bond donors (Lipinski definition) is 2. The molecule has 3 rings (SSSR count). The van der Waals surface area contributed by atoms with Crippen LogP contribution in [0.25, 0.3) is 22.2 Å². The Bertz CT molecular complexity index is 638. The van der Waals surface area contributed by atoms with Gasteiger partial charge in [0.05, 0.1) is 11.2 Å². The second kappa shape index (κ2) is 4.03. The van der Waals surface area contributed by atoms with E-state index in [0.717, 1.165) is 27.7 Å². The highest BCUT2D eigenvalue weighted by atomic mass is 15.1. The average molecular weight is 223 g/mol. The molecular weight excluding hydrogens is 210 g/mol. The number of rotatable bonds is 2. The highest BCUT2D eigenvalue weighted by Crippen LogP contribution is 2.25. The van der Waals surface area contributed by atoms with Crippen LogP contribution in [0.15, 0.2) is 48.5 Å². The molecule has 2 aromatic carbocycles. The largest absolute Gasteiger partial charge is 0.326 e. The van der Waals surface area contributed by atoms with Gasteiger partial charge >= 0.3 is 0 Å². The van der Waals surface area contributed by atoms with Crippen LogP contribution in [0, 0.1) is 0 Å². The van der Waals surface area contributed by atoms with Crippen molar-refractivity contribution in [1.82, 2.24) is 10.2 Å². The first-order valence-electron chi connectivity index (χ1n) is 5.61. The normalized spacial score (nSPS) is 10.9. The molecule has 3 N–H and O–H groups in total. The molecule has 17 heavy (non-hydrogen) atoms. The Labute approximate surface area is 99.3 Å². The van der Waals surface area contributed by atoms with E-state index in [2.05, 4.69) is 28.4 Å². The highest BCUT2D eigenvalue weighted by molar-refractivity contribution is 5.92. The third-order valence-electron chi connectivity index (χ3n) is 2.93. The van der Waals surface area contributed by atoms with Crippen LogP contribution < -0.4 is 5.73 Å². The minimum absolute atomic E-state index is 0.571. The molecule has 0 bridgehead atoms. The summed E-state index contributed by atoms with van der Waals surface area (Å²) in [6, 6.07) is 16.3. The molecule has 3 nitrogen and oxygen atoms in total. The van der Waals surface area contributed by atoms with Gasteiger partial charge in [-0.25, -0.2) is 0 Å². The molecule has 0 atom stereocenters. The number of nitrogens with one attached hydrogen (secondary N) is 1. The van der Waals surface area contributed by atoms with E-state index in [1.807, 2.05) is 30.3 Å². The summed E-state index contributed by atoms with van der Waals surface area (Å²) in [7, 11) is 0. The third-order valence-corrected chi connectivity index (χ3v) is 2.93. The number of hydrogen-bond acceptors (Lipinski definition) is 2. The highest BCUT2D eigenvalue weighted by Gasteiger charge is 2.06. The molecule has 0 radical (unpaired) electrons. The van der Waals surface area contributed by atoms with Crippen molar-refractivity contribution in [3.8, 4) is 11.3 Å². The van der Waals surface area contributed by atoms with E-state index < -0.39 is 0 Å². The van der Waals surface area contributed by atoms with Crippen molar-refractivity contribution >= 4 is 10.9 Å². The molecule has 0 saturated carbocycles. The number of fused-ring (bicyclic) bond motifs is 1. The lowest BCUT2D eigenvalue weighted by Gasteiger charge is -2.00. The van der Waals surface area contributed by atoms with E-state index in [1.54, 1.807) is 0 Å². The van der Waals surface area contributed by atoms with E-state index >= 15 is 0 Å². The van der Waals surface area contributed by atoms with Crippen LogP contribution in [0.4, 0.5) is 0 Å². The Hall–Kier alpha value is -2.13. The lowest BCUT2D eigenvalue weighted by Crippen LogP contribution is -1.95. The molecule has 0 aliphatic heterocycles. The number of nitrogens with zero attached hydrogens (tertiary/aromatic N) is 1. The summed E-state index contributed by atoms with van der Waals surface area (Å²) in [5.41, 5.74) is 9.88. The molecule has 3 aromatic rings. The van der Waals surface area contributed by atoms with Gasteiger partial charge < -0.3 is 5.73 Å². The first-order chi connectivity index (χ1) is 8.38. The van der Waals surface area contributed by atoms with E-state index in [-0.39, 0.29) is 0 Å². The fourth-order valence-corrected chi connectivity index (χ4v) is 1.98. The predicted molar refractivity (Wildman–Crippen MR) is 69.4 cm³/mol. The number of aromatic nitrogens is 2. The minimum atomic E-state index is 0.571. The van der Waals surface area contributed by atoms with Crippen molar-refractivity contribution in [3.63, 3.8) is 0 Å². The number of aromatic amines is 1. The molecular formula is C14H13N3. The summed E-state index contributed by atoms with van der Waals surface area (Å²) in [6.07, 6.45) is 0. The average Bonchev–Trinajstić information content (AvgIpc) is 2.83. The molecule has 0 aliphatic carbocycles. The number of benzene rings is 2. The third kappa shape index (κ3) is 1.70. The van der Waals surface area contributed by atoms with Gasteiger partial charge in [0.25, 0.3) is 0 Å². The van der Waals surface area contributed by atoms with Gasteiger partial charge in [0, 0.05) is 17.5 Å². The molecule has 0 amide bonds. The summed E-state index contributed by atoms with van der Waals surface area (Å²) in [4.78, 5) is 0. The maximum Gasteiger partial charge on any atom is 0.0999 e. The van der Waals surface area contributed by atoms with Crippen LogP contribution in [-0.4, -0.2) is 10.2 Å². The van der Waals surface area contributed by atoms with Crippen molar-refractivity contribution in [2.45, 2.75) is 6.54 Å².